The average Bonchev–Trinajstić information content (AvgIpc) is 1.89. The molecule has 0 amide bonds. The minimum atomic E-state index is -0.627. The van der Waals surface area contributed by atoms with Crippen molar-refractivity contribution in [1.29, 1.82) is 0 Å². The van der Waals surface area contributed by atoms with E-state index in [0.717, 1.165) is 6.42 Å². The van der Waals surface area contributed by atoms with Crippen molar-refractivity contribution < 1.29 is 10.2 Å². The fourth-order valence-corrected chi connectivity index (χ4v) is 0.816. The van der Waals surface area contributed by atoms with Gasteiger partial charge in [-0.1, -0.05) is 19.4 Å². The molecule has 0 saturated heterocycles. The highest BCUT2D eigenvalue weighted by atomic mass is 16.3. The Hall–Kier alpha value is -0.340. The van der Waals surface area contributed by atoms with Gasteiger partial charge in [-0.2, -0.15) is 0 Å². The molecule has 2 atom stereocenters. The molecule has 0 saturated carbocycles. The molecule has 0 aliphatic carbocycles. The van der Waals surface area contributed by atoms with Gasteiger partial charge < -0.3 is 10.2 Å². The van der Waals surface area contributed by atoms with Gasteiger partial charge in [0.25, 0.3) is 0 Å². The van der Waals surface area contributed by atoms with Crippen molar-refractivity contribution in [3.8, 4) is 0 Å². The summed E-state index contributed by atoms with van der Waals surface area (Å²) in [7, 11) is 0. The summed E-state index contributed by atoms with van der Waals surface area (Å²) in [6, 6.07) is 0. The third-order valence-electron chi connectivity index (χ3n) is 1.44. The molecule has 2 heteroatoms. The van der Waals surface area contributed by atoms with Crippen LogP contribution in [0, 0.1) is 0 Å². The Labute approximate surface area is 62.2 Å². The molecular formula is C8H16O2. The highest BCUT2D eigenvalue weighted by Crippen LogP contribution is 2.05. The van der Waals surface area contributed by atoms with E-state index < -0.39 is 12.2 Å². The zero-order valence-electron chi connectivity index (χ0n) is 6.45. The van der Waals surface area contributed by atoms with Gasteiger partial charge in [0.05, 0.1) is 12.2 Å². The largest absolute Gasteiger partial charge is 0.390 e. The summed E-state index contributed by atoms with van der Waals surface area (Å²) in [4.78, 5) is 0. The third-order valence-corrected chi connectivity index (χ3v) is 1.44. The second-order valence-electron chi connectivity index (χ2n) is 2.45. The van der Waals surface area contributed by atoms with E-state index in [9.17, 15) is 0 Å². The lowest BCUT2D eigenvalue weighted by Gasteiger charge is -2.14. The predicted molar refractivity (Wildman–Crippen MR) is 41.7 cm³/mol. The van der Waals surface area contributed by atoms with Crippen LogP contribution in [-0.4, -0.2) is 22.4 Å². The molecule has 0 spiro atoms. The maximum absolute atomic E-state index is 9.15. The average molecular weight is 144 g/mol. The second-order valence-corrected chi connectivity index (χ2v) is 2.45. The van der Waals surface area contributed by atoms with Crippen LogP contribution in [0.3, 0.4) is 0 Å². The lowest BCUT2D eigenvalue weighted by Crippen LogP contribution is -2.24. The molecule has 0 aromatic rings. The Balaban J connectivity index is 3.47. The number of rotatable bonds is 5. The monoisotopic (exact) mass is 144 g/mol. The van der Waals surface area contributed by atoms with Crippen molar-refractivity contribution in [2.24, 2.45) is 0 Å². The first-order valence-electron chi connectivity index (χ1n) is 3.69. The molecule has 2 unspecified atom stereocenters. The number of aliphatic hydroxyl groups is 2. The summed E-state index contributed by atoms with van der Waals surface area (Å²) in [6.45, 7) is 5.45. The highest BCUT2D eigenvalue weighted by Gasteiger charge is 2.12. The number of hydrogen-bond donors (Lipinski definition) is 2. The second kappa shape index (κ2) is 5.45. The minimum Gasteiger partial charge on any atom is -0.390 e. The first kappa shape index (κ1) is 9.66. The standard InChI is InChI=1S/C8H16O2/c1-3-5-7(9)8(10)6-4-2/h3,7-10H,1,4-6H2,2H3. The van der Waals surface area contributed by atoms with Gasteiger partial charge in [-0.05, 0) is 12.8 Å². The van der Waals surface area contributed by atoms with E-state index in [1.54, 1.807) is 6.08 Å². The van der Waals surface area contributed by atoms with Crippen LogP contribution in [0.2, 0.25) is 0 Å². The lowest BCUT2D eigenvalue weighted by atomic mass is 10.1. The molecule has 0 heterocycles. The molecule has 0 fully saturated rings. The molecular weight excluding hydrogens is 128 g/mol. The SMILES string of the molecule is C=CCC(O)C(O)CCC. The molecule has 0 rings (SSSR count). The van der Waals surface area contributed by atoms with E-state index in [-0.39, 0.29) is 0 Å². The highest BCUT2D eigenvalue weighted by molar-refractivity contribution is 4.76. The Morgan fingerprint density at radius 1 is 1.40 bits per heavy atom. The molecule has 60 valence electrons. The van der Waals surface area contributed by atoms with Gasteiger partial charge in [-0.15, -0.1) is 6.58 Å². The van der Waals surface area contributed by atoms with E-state index in [1.807, 2.05) is 6.92 Å². The van der Waals surface area contributed by atoms with Crippen LogP contribution in [0.4, 0.5) is 0 Å². The molecule has 0 radical (unpaired) electrons. The van der Waals surface area contributed by atoms with Crippen LogP contribution in [0.15, 0.2) is 12.7 Å². The van der Waals surface area contributed by atoms with Gasteiger partial charge in [-0.25, -0.2) is 0 Å². The molecule has 2 nitrogen and oxygen atoms in total. The van der Waals surface area contributed by atoms with Crippen LogP contribution in [0.1, 0.15) is 26.2 Å². The van der Waals surface area contributed by atoms with Crippen LogP contribution in [-0.2, 0) is 0 Å². The molecule has 2 N–H and O–H groups in total. The third kappa shape index (κ3) is 3.64. The summed E-state index contributed by atoms with van der Waals surface area (Å²) in [6.07, 6.45) is 2.44. The van der Waals surface area contributed by atoms with Gasteiger partial charge in [0.15, 0.2) is 0 Å². The predicted octanol–water partition coefficient (Wildman–Crippen LogP) is 1.08. The quantitative estimate of drug-likeness (QED) is 0.567. The van der Waals surface area contributed by atoms with E-state index in [1.165, 1.54) is 0 Å². The van der Waals surface area contributed by atoms with E-state index in [4.69, 9.17) is 10.2 Å². The Morgan fingerprint density at radius 3 is 2.40 bits per heavy atom. The van der Waals surface area contributed by atoms with Crippen molar-refractivity contribution >= 4 is 0 Å². The van der Waals surface area contributed by atoms with E-state index in [2.05, 4.69) is 6.58 Å². The number of aliphatic hydroxyl groups excluding tert-OH is 2. The fraction of sp³-hybridized carbons (Fsp3) is 0.750. The smallest absolute Gasteiger partial charge is 0.0833 e. The lowest BCUT2D eigenvalue weighted by molar-refractivity contribution is 0.0164. The zero-order valence-corrected chi connectivity index (χ0v) is 6.45. The number of hydrogen-bond acceptors (Lipinski definition) is 2. The first-order chi connectivity index (χ1) is 4.72. The van der Waals surface area contributed by atoms with Gasteiger partial charge in [0, 0.05) is 0 Å². The maximum atomic E-state index is 9.15. The van der Waals surface area contributed by atoms with Crippen molar-refractivity contribution in [2.45, 2.75) is 38.4 Å². The van der Waals surface area contributed by atoms with Gasteiger partial charge in [0.2, 0.25) is 0 Å². The van der Waals surface area contributed by atoms with Crippen LogP contribution < -0.4 is 0 Å². The topological polar surface area (TPSA) is 40.5 Å². The summed E-state index contributed by atoms with van der Waals surface area (Å²) >= 11 is 0. The van der Waals surface area contributed by atoms with Gasteiger partial charge in [0.1, 0.15) is 0 Å². The van der Waals surface area contributed by atoms with Gasteiger partial charge in [-0.3, -0.25) is 0 Å². The van der Waals surface area contributed by atoms with Gasteiger partial charge >= 0.3 is 0 Å². The first-order valence-corrected chi connectivity index (χ1v) is 3.69. The zero-order chi connectivity index (χ0) is 7.98. The Morgan fingerprint density at radius 2 is 2.00 bits per heavy atom. The molecule has 0 aromatic heterocycles. The van der Waals surface area contributed by atoms with Crippen LogP contribution >= 0.6 is 0 Å². The molecule has 0 aliphatic rings. The normalized spacial score (nSPS) is 16.3. The molecule has 0 aromatic carbocycles. The van der Waals surface area contributed by atoms with Crippen molar-refractivity contribution in [1.82, 2.24) is 0 Å². The van der Waals surface area contributed by atoms with Crippen LogP contribution in [0.25, 0.3) is 0 Å². The van der Waals surface area contributed by atoms with Crippen LogP contribution in [0.5, 0.6) is 0 Å². The minimum absolute atomic E-state index is 0.473. The summed E-state index contributed by atoms with van der Waals surface area (Å²) in [5.74, 6) is 0. The maximum Gasteiger partial charge on any atom is 0.0833 e. The molecule has 10 heavy (non-hydrogen) atoms. The Bertz CT molecular complexity index is 91.3. The van der Waals surface area contributed by atoms with Crippen molar-refractivity contribution in [3.63, 3.8) is 0 Å². The van der Waals surface area contributed by atoms with E-state index >= 15 is 0 Å². The fourth-order valence-electron chi connectivity index (χ4n) is 0.816. The Kier molecular flexibility index (Phi) is 5.26. The van der Waals surface area contributed by atoms with Crippen molar-refractivity contribution in [3.05, 3.63) is 12.7 Å². The van der Waals surface area contributed by atoms with Crippen molar-refractivity contribution in [2.75, 3.05) is 0 Å². The van der Waals surface area contributed by atoms with E-state index in [0.29, 0.717) is 12.8 Å². The molecule has 0 bridgehead atoms. The summed E-state index contributed by atoms with van der Waals surface area (Å²) < 4.78 is 0. The molecule has 0 aliphatic heterocycles. The summed E-state index contributed by atoms with van der Waals surface area (Å²) in [5.41, 5.74) is 0. The summed E-state index contributed by atoms with van der Waals surface area (Å²) in [5, 5.41) is 18.3.